The molecule has 0 saturated carbocycles. The van der Waals surface area contributed by atoms with E-state index in [1.54, 1.807) is 36.4 Å². The van der Waals surface area contributed by atoms with Gasteiger partial charge in [0.25, 0.3) is 0 Å². The molecule has 0 radical (unpaired) electrons. The number of hydrogen-bond donors (Lipinski definition) is 0. The molecule has 0 amide bonds. The second-order valence-corrected chi connectivity index (χ2v) is 19.7. The van der Waals surface area contributed by atoms with Gasteiger partial charge in [0.05, 0.1) is 17.1 Å². The minimum absolute atomic E-state index is 0.0233. The number of fused-ring (bicyclic) bond motifs is 9. The first kappa shape index (κ1) is 37.5. The molecular formula is C67H65N3O3. The van der Waals surface area contributed by atoms with E-state index in [2.05, 4.69) is 57.2 Å². The fourth-order valence-corrected chi connectivity index (χ4v) is 9.59. The lowest BCUT2D eigenvalue weighted by Gasteiger charge is -2.20. The van der Waals surface area contributed by atoms with Crippen molar-refractivity contribution in [1.82, 2.24) is 0 Å². The molecule has 3 aromatic heterocycles. The smallest absolute Gasteiger partial charge is 0.159 e. The number of nitrogens with zero attached hydrogens (tertiary/aromatic N) is 3. The molecule has 3 heterocycles. The minimum Gasteiger partial charge on any atom is -0.454 e. The SMILES string of the molecule is [2H]C([2H])([2H])c1ccc(N(C)c2cccc3c2oc2c(C(C)(C)C)cccc23)cc1.[2H]C([2H])([2H])c1ccc(N(C)c2cccc3c2oc2c(C([2H])(C)C)cccc23)cc1.[2H]C([2H])([2H])c1ccc(N(C)c2cccc3c2oc2ccccc23)cc1. The number of para-hydroxylation sites is 6. The topological polar surface area (TPSA) is 49.1 Å². The standard InChI is InChI=1S/C24H25NO.C23H23NO.C20H17NO/c1-16-12-14-17(15-13-16)25(5)21-11-7-9-19-18-8-6-10-20(24(2,3)4)22(18)26-23(19)21;1-15(2)18-7-5-8-19-20-9-6-10-21(23(20)25-22(18)19)24(4)17-13-11-16(3)12-14-17;1-14-10-12-15(13-11-14)21(2)18-8-5-7-17-16-6-3-4-9-19(16)22-20(17)18/h6-15H,1-5H3;5-15H,1-4H3;3-13H,1-2H3/i1D3;3D3,15D;1D3. The summed E-state index contributed by atoms with van der Waals surface area (Å²) >= 11 is 0. The summed E-state index contributed by atoms with van der Waals surface area (Å²) in [5.74, 6) is -0.773. The van der Waals surface area contributed by atoms with Crippen molar-refractivity contribution in [3.05, 3.63) is 216 Å². The van der Waals surface area contributed by atoms with Gasteiger partial charge in [0.1, 0.15) is 16.7 Å². The van der Waals surface area contributed by atoms with Gasteiger partial charge in [-0.05, 0) is 98.1 Å². The molecule has 9 aromatic carbocycles. The molecular weight excluding hydrogens is 895 g/mol. The van der Waals surface area contributed by atoms with E-state index in [9.17, 15) is 0 Å². The number of rotatable bonds is 7. The Bertz CT molecular complexity index is 4100. The summed E-state index contributed by atoms with van der Waals surface area (Å²) in [5.41, 5.74) is 13.4. The van der Waals surface area contributed by atoms with Gasteiger partial charge in [-0.3, -0.25) is 0 Å². The summed E-state index contributed by atoms with van der Waals surface area (Å²) < 4.78 is 95.0. The number of aryl methyl sites for hydroxylation is 3. The Morgan fingerprint density at radius 3 is 1.18 bits per heavy atom. The Morgan fingerprint density at radius 2 is 0.740 bits per heavy atom. The average molecular weight is 970 g/mol. The van der Waals surface area contributed by atoms with Crippen LogP contribution in [0.25, 0.3) is 65.8 Å². The third kappa shape index (κ3) is 9.42. The van der Waals surface area contributed by atoms with E-state index < -0.39 is 26.4 Å². The average Bonchev–Trinajstić information content (AvgIpc) is 2.38. The highest BCUT2D eigenvalue weighted by Crippen LogP contribution is 2.43. The van der Waals surface area contributed by atoms with Gasteiger partial charge in [-0.15, -0.1) is 0 Å². The molecule has 0 atom stereocenters. The molecule has 6 heteroatoms. The Hall–Kier alpha value is -8.22. The van der Waals surface area contributed by atoms with Crippen molar-refractivity contribution in [2.45, 2.75) is 66.5 Å². The first-order valence-electron chi connectivity index (χ1n) is 29.4. The van der Waals surface area contributed by atoms with Crippen molar-refractivity contribution in [3.63, 3.8) is 0 Å². The van der Waals surface area contributed by atoms with Gasteiger partial charge in [0.15, 0.2) is 16.7 Å². The van der Waals surface area contributed by atoms with Crippen LogP contribution in [-0.2, 0) is 5.41 Å². The molecule has 366 valence electrons. The maximum atomic E-state index is 8.46. The van der Waals surface area contributed by atoms with E-state index in [0.717, 1.165) is 106 Å². The minimum atomic E-state index is -2.12. The largest absolute Gasteiger partial charge is 0.454 e. The maximum Gasteiger partial charge on any atom is 0.159 e. The third-order valence-electron chi connectivity index (χ3n) is 13.6. The van der Waals surface area contributed by atoms with Gasteiger partial charge in [0.2, 0.25) is 0 Å². The van der Waals surface area contributed by atoms with Crippen LogP contribution in [-0.4, -0.2) is 21.1 Å². The van der Waals surface area contributed by atoms with E-state index in [-0.39, 0.29) is 5.41 Å². The van der Waals surface area contributed by atoms with Crippen LogP contribution in [0.1, 0.15) is 82.0 Å². The fourth-order valence-electron chi connectivity index (χ4n) is 9.59. The van der Waals surface area contributed by atoms with Crippen LogP contribution in [0.3, 0.4) is 0 Å². The Labute approximate surface area is 443 Å². The molecule has 0 unspecified atom stereocenters. The molecule has 0 bridgehead atoms. The molecule has 6 nitrogen and oxygen atoms in total. The van der Waals surface area contributed by atoms with Crippen LogP contribution >= 0.6 is 0 Å². The molecule has 0 N–H and O–H groups in total. The van der Waals surface area contributed by atoms with Crippen LogP contribution in [0.2, 0.25) is 0 Å². The van der Waals surface area contributed by atoms with Crippen molar-refractivity contribution < 1.29 is 27.0 Å². The predicted molar refractivity (Wildman–Crippen MR) is 312 cm³/mol. The number of benzene rings is 9. The van der Waals surface area contributed by atoms with E-state index in [1.165, 1.54) is 5.56 Å². The van der Waals surface area contributed by atoms with Gasteiger partial charge in [-0.25, -0.2) is 0 Å². The van der Waals surface area contributed by atoms with Gasteiger partial charge < -0.3 is 28.0 Å². The summed E-state index contributed by atoms with van der Waals surface area (Å²) in [6, 6.07) is 59.2. The quantitative estimate of drug-likeness (QED) is 0.159. The number of anilines is 6. The normalized spacial score (nSPS) is 14.3. The summed E-state index contributed by atoms with van der Waals surface area (Å²) in [5, 5.41) is 6.33. The van der Waals surface area contributed by atoms with E-state index in [1.807, 2.05) is 165 Å². The van der Waals surface area contributed by atoms with E-state index in [4.69, 9.17) is 27.0 Å². The Kier molecular flexibility index (Phi) is 10.2. The second kappa shape index (κ2) is 19.8. The van der Waals surface area contributed by atoms with Crippen molar-refractivity contribution in [1.29, 1.82) is 0 Å². The molecule has 0 aliphatic heterocycles. The van der Waals surface area contributed by atoms with E-state index >= 15 is 0 Å². The Morgan fingerprint density at radius 1 is 0.384 bits per heavy atom. The van der Waals surface area contributed by atoms with Crippen LogP contribution in [0, 0.1) is 20.6 Å². The lowest BCUT2D eigenvalue weighted by atomic mass is 9.86. The molecule has 0 saturated heterocycles. The molecule has 0 aliphatic carbocycles. The van der Waals surface area contributed by atoms with Crippen LogP contribution in [0.15, 0.2) is 201 Å². The number of hydrogen-bond acceptors (Lipinski definition) is 6. The lowest BCUT2D eigenvalue weighted by molar-refractivity contribution is 0.573. The fraction of sp³-hybridized carbons (Fsp3) is 0.194. The first-order valence-corrected chi connectivity index (χ1v) is 24.4. The summed E-state index contributed by atoms with van der Waals surface area (Å²) in [6.07, 6.45) is 0. The maximum absolute atomic E-state index is 8.46. The highest BCUT2D eigenvalue weighted by atomic mass is 16.3. The lowest BCUT2D eigenvalue weighted by Crippen LogP contribution is -2.11. The summed E-state index contributed by atoms with van der Waals surface area (Å²) in [7, 11) is 5.85. The van der Waals surface area contributed by atoms with Crippen LogP contribution < -0.4 is 14.7 Å². The Balaban J connectivity index is 0.000000140. The zero-order valence-electron chi connectivity index (χ0n) is 52.5. The summed E-state index contributed by atoms with van der Waals surface area (Å²) in [4.78, 5) is 6.03. The van der Waals surface area contributed by atoms with Gasteiger partial charge >= 0.3 is 0 Å². The molecule has 0 aliphatic rings. The zero-order valence-corrected chi connectivity index (χ0v) is 42.5. The van der Waals surface area contributed by atoms with Crippen LogP contribution in [0.4, 0.5) is 34.1 Å². The summed E-state index contributed by atoms with van der Waals surface area (Å²) in [6.45, 7) is 3.98. The monoisotopic (exact) mass is 970 g/mol. The highest BCUT2D eigenvalue weighted by Gasteiger charge is 2.23. The third-order valence-corrected chi connectivity index (χ3v) is 13.6. The van der Waals surface area contributed by atoms with Crippen molar-refractivity contribution in [2.24, 2.45) is 0 Å². The van der Waals surface area contributed by atoms with Crippen LogP contribution in [0.5, 0.6) is 0 Å². The molecule has 73 heavy (non-hydrogen) atoms. The van der Waals surface area contributed by atoms with Gasteiger partial charge in [0, 0.05) is 89.8 Å². The highest BCUT2D eigenvalue weighted by molar-refractivity contribution is 6.12. The van der Waals surface area contributed by atoms with Crippen molar-refractivity contribution >= 4 is 99.9 Å². The predicted octanol–water partition coefficient (Wildman–Crippen LogP) is 19.4. The first-order chi connectivity index (χ1) is 39.1. The number of furan rings is 3. The molecule has 0 spiro atoms. The molecule has 0 fully saturated rings. The van der Waals surface area contributed by atoms with Crippen molar-refractivity contribution in [2.75, 3.05) is 35.8 Å². The molecule has 12 rings (SSSR count). The molecule has 12 aromatic rings. The van der Waals surface area contributed by atoms with Gasteiger partial charge in [-0.1, -0.05) is 179 Å². The van der Waals surface area contributed by atoms with Gasteiger partial charge in [-0.2, -0.15) is 0 Å². The zero-order chi connectivity index (χ0) is 59.6. The van der Waals surface area contributed by atoms with E-state index in [0.29, 0.717) is 16.7 Å². The second-order valence-electron chi connectivity index (χ2n) is 19.7. The van der Waals surface area contributed by atoms with Crippen molar-refractivity contribution in [3.8, 4) is 0 Å².